The van der Waals surface area contributed by atoms with Gasteiger partial charge >= 0.3 is 0 Å². The molecule has 1 atom stereocenters. The third-order valence-corrected chi connectivity index (χ3v) is 8.38. The number of carbonyl (C=O) groups is 2. The molecular weight excluding hydrogens is 530 g/mol. The first-order valence-electron chi connectivity index (χ1n) is 12.9. The van der Waals surface area contributed by atoms with E-state index in [0.717, 1.165) is 21.0 Å². The lowest BCUT2D eigenvalue weighted by Crippen LogP contribution is -2.51. The summed E-state index contributed by atoms with van der Waals surface area (Å²) in [4.78, 5) is 28.4. The number of nitrogens with one attached hydrogen (secondary N) is 1. The van der Waals surface area contributed by atoms with Crippen LogP contribution in [-0.2, 0) is 26.2 Å². The molecule has 1 unspecified atom stereocenters. The van der Waals surface area contributed by atoms with E-state index in [0.29, 0.717) is 12.2 Å². The fourth-order valence-electron chi connectivity index (χ4n) is 4.44. The molecule has 0 saturated heterocycles. The first-order chi connectivity index (χ1) is 19.0. The van der Waals surface area contributed by atoms with E-state index in [9.17, 15) is 18.0 Å². The minimum absolute atomic E-state index is 0.0133. The summed E-state index contributed by atoms with van der Waals surface area (Å²) >= 11 is 0. The number of hydrogen-bond acceptors (Lipinski definition) is 6. The molecule has 0 aliphatic carbocycles. The Bertz CT molecular complexity index is 1440. The van der Waals surface area contributed by atoms with Gasteiger partial charge in [0.2, 0.25) is 11.8 Å². The second-order valence-corrected chi connectivity index (χ2v) is 11.3. The van der Waals surface area contributed by atoms with Crippen molar-refractivity contribution in [3.63, 3.8) is 0 Å². The molecular formula is C30H37N3O6S. The third kappa shape index (κ3) is 6.93. The van der Waals surface area contributed by atoms with E-state index in [1.165, 1.54) is 44.4 Å². The van der Waals surface area contributed by atoms with Crippen LogP contribution in [0.1, 0.15) is 30.0 Å². The molecule has 0 aliphatic rings. The van der Waals surface area contributed by atoms with Gasteiger partial charge in [0.1, 0.15) is 24.1 Å². The molecule has 1 N–H and O–H groups in total. The van der Waals surface area contributed by atoms with E-state index in [2.05, 4.69) is 5.32 Å². The molecule has 3 aromatic carbocycles. The maximum atomic E-state index is 14.1. The Labute approximate surface area is 236 Å². The van der Waals surface area contributed by atoms with E-state index in [1.807, 2.05) is 45.0 Å². The lowest BCUT2D eigenvalue weighted by atomic mass is 10.1. The maximum absolute atomic E-state index is 14.1. The van der Waals surface area contributed by atoms with Crippen molar-refractivity contribution in [2.45, 2.75) is 44.7 Å². The number of likely N-dealkylation sites (N-methyl/N-ethyl adjacent to an activating group) is 1. The molecule has 0 spiro atoms. The van der Waals surface area contributed by atoms with Gasteiger partial charge in [0.05, 0.1) is 24.8 Å². The van der Waals surface area contributed by atoms with Crippen LogP contribution in [0.4, 0.5) is 5.69 Å². The summed E-state index contributed by atoms with van der Waals surface area (Å²) in [6, 6.07) is 17.9. The summed E-state index contributed by atoms with van der Waals surface area (Å²) in [6.45, 7) is 5.16. The SMILES string of the molecule is CCC(C(=O)NC)N(Cc1cccc(C)c1)C(=O)CN(c1cc(OC)ccc1OC)S(=O)(=O)c1ccc(C)cc1. The van der Waals surface area contributed by atoms with Gasteiger partial charge in [0.25, 0.3) is 10.0 Å². The molecule has 40 heavy (non-hydrogen) atoms. The molecule has 0 radical (unpaired) electrons. The van der Waals surface area contributed by atoms with Crippen molar-refractivity contribution in [3.8, 4) is 11.5 Å². The van der Waals surface area contributed by atoms with Crippen LogP contribution in [0.5, 0.6) is 11.5 Å². The number of carbonyl (C=O) groups excluding carboxylic acids is 2. The predicted octanol–water partition coefficient (Wildman–Crippen LogP) is 4.07. The first kappa shape index (κ1) is 30.5. The highest BCUT2D eigenvalue weighted by Crippen LogP contribution is 2.36. The number of sulfonamides is 1. The fourth-order valence-corrected chi connectivity index (χ4v) is 5.85. The van der Waals surface area contributed by atoms with Crippen molar-refractivity contribution in [1.82, 2.24) is 10.2 Å². The number of ether oxygens (including phenoxy) is 2. The molecule has 0 fully saturated rings. The highest BCUT2D eigenvalue weighted by molar-refractivity contribution is 7.92. The van der Waals surface area contributed by atoms with Crippen molar-refractivity contribution < 1.29 is 27.5 Å². The Hall–Kier alpha value is -4.05. The zero-order valence-corrected chi connectivity index (χ0v) is 24.6. The molecule has 3 rings (SSSR count). The summed E-state index contributed by atoms with van der Waals surface area (Å²) in [5.41, 5.74) is 2.85. The van der Waals surface area contributed by atoms with Gasteiger partial charge in [-0.15, -0.1) is 0 Å². The standard InChI is InChI=1S/C30H37N3O6S/c1-7-26(30(35)31-4)32(19-23-10-8-9-22(3)17-23)29(34)20-33(27-18-24(38-5)13-16-28(27)39-6)40(36,37)25-14-11-21(2)12-15-25/h8-18,26H,7,19-20H2,1-6H3,(H,31,35). The average molecular weight is 568 g/mol. The van der Waals surface area contributed by atoms with Crippen LogP contribution in [0.2, 0.25) is 0 Å². The Balaban J connectivity index is 2.15. The number of anilines is 1. The van der Waals surface area contributed by atoms with Gasteiger partial charge in [-0.25, -0.2) is 8.42 Å². The van der Waals surface area contributed by atoms with E-state index in [4.69, 9.17) is 9.47 Å². The molecule has 0 heterocycles. The van der Waals surface area contributed by atoms with Gasteiger partial charge < -0.3 is 19.7 Å². The molecule has 0 saturated carbocycles. The third-order valence-electron chi connectivity index (χ3n) is 6.61. The molecule has 3 aromatic rings. The van der Waals surface area contributed by atoms with Crippen LogP contribution in [0, 0.1) is 13.8 Å². The molecule has 9 nitrogen and oxygen atoms in total. The van der Waals surface area contributed by atoms with Gasteiger partial charge in [0.15, 0.2) is 0 Å². The topological polar surface area (TPSA) is 105 Å². The van der Waals surface area contributed by atoms with Crippen molar-refractivity contribution in [2.75, 3.05) is 32.1 Å². The molecule has 0 aliphatic heterocycles. The lowest BCUT2D eigenvalue weighted by molar-refractivity contribution is -0.140. The molecule has 0 aromatic heterocycles. The predicted molar refractivity (Wildman–Crippen MR) is 155 cm³/mol. The maximum Gasteiger partial charge on any atom is 0.264 e. The Morgan fingerprint density at radius 3 is 2.20 bits per heavy atom. The van der Waals surface area contributed by atoms with E-state index < -0.39 is 28.5 Å². The monoisotopic (exact) mass is 567 g/mol. The van der Waals surface area contributed by atoms with Gasteiger partial charge in [0, 0.05) is 19.7 Å². The number of amides is 2. The van der Waals surface area contributed by atoms with Crippen LogP contribution >= 0.6 is 0 Å². The lowest BCUT2D eigenvalue weighted by Gasteiger charge is -2.33. The van der Waals surface area contributed by atoms with Crippen molar-refractivity contribution in [2.24, 2.45) is 0 Å². The van der Waals surface area contributed by atoms with E-state index in [1.54, 1.807) is 24.3 Å². The minimum Gasteiger partial charge on any atom is -0.497 e. The largest absolute Gasteiger partial charge is 0.497 e. The van der Waals surface area contributed by atoms with Crippen LogP contribution in [0.3, 0.4) is 0 Å². The summed E-state index contributed by atoms with van der Waals surface area (Å²) in [7, 11) is 0.154. The molecule has 2 amide bonds. The quantitative estimate of drug-likeness (QED) is 0.354. The highest BCUT2D eigenvalue weighted by Gasteiger charge is 2.34. The number of benzene rings is 3. The number of nitrogens with zero attached hydrogens (tertiary/aromatic N) is 2. The number of methoxy groups -OCH3 is 2. The average Bonchev–Trinajstić information content (AvgIpc) is 2.95. The minimum atomic E-state index is -4.25. The second-order valence-electron chi connectivity index (χ2n) is 9.41. The first-order valence-corrected chi connectivity index (χ1v) is 14.4. The zero-order valence-electron chi connectivity index (χ0n) is 23.8. The van der Waals surface area contributed by atoms with Crippen molar-refractivity contribution >= 4 is 27.5 Å². The van der Waals surface area contributed by atoms with Crippen LogP contribution in [0.15, 0.2) is 71.6 Å². The van der Waals surface area contributed by atoms with Crippen LogP contribution < -0.4 is 19.1 Å². The van der Waals surface area contributed by atoms with Crippen LogP contribution in [-0.4, -0.2) is 59.0 Å². The van der Waals surface area contributed by atoms with Crippen molar-refractivity contribution in [1.29, 1.82) is 0 Å². The van der Waals surface area contributed by atoms with Gasteiger partial charge in [-0.2, -0.15) is 0 Å². The van der Waals surface area contributed by atoms with Gasteiger partial charge in [-0.1, -0.05) is 54.4 Å². The molecule has 0 bridgehead atoms. The molecule has 214 valence electrons. The Morgan fingerprint density at radius 1 is 0.925 bits per heavy atom. The van der Waals surface area contributed by atoms with Crippen molar-refractivity contribution in [3.05, 3.63) is 83.4 Å². The zero-order chi connectivity index (χ0) is 29.4. The van der Waals surface area contributed by atoms with E-state index in [-0.39, 0.29) is 28.8 Å². The fraction of sp³-hybridized carbons (Fsp3) is 0.333. The highest BCUT2D eigenvalue weighted by atomic mass is 32.2. The van der Waals surface area contributed by atoms with Gasteiger partial charge in [-0.05, 0) is 50.1 Å². The number of rotatable bonds is 12. The number of hydrogen-bond donors (Lipinski definition) is 1. The van der Waals surface area contributed by atoms with Crippen LogP contribution in [0.25, 0.3) is 0 Å². The second kappa shape index (κ2) is 13.3. The normalized spacial score (nSPS) is 11.8. The summed E-state index contributed by atoms with van der Waals surface area (Å²) in [5, 5.41) is 2.63. The van der Waals surface area contributed by atoms with Gasteiger partial charge in [-0.3, -0.25) is 13.9 Å². The molecule has 10 heteroatoms. The smallest absolute Gasteiger partial charge is 0.264 e. The van der Waals surface area contributed by atoms with E-state index >= 15 is 0 Å². The summed E-state index contributed by atoms with van der Waals surface area (Å²) in [6.07, 6.45) is 0.338. The summed E-state index contributed by atoms with van der Waals surface area (Å²) in [5.74, 6) is -0.249. The Kier molecular flexibility index (Phi) is 10.2. The Morgan fingerprint density at radius 2 is 1.62 bits per heavy atom. The number of aryl methyl sites for hydroxylation is 2. The summed E-state index contributed by atoms with van der Waals surface area (Å²) < 4.78 is 40.0.